The number of aromatic amines is 1. The molecular weight excluding hydrogens is 487 g/mol. The summed E-state index contributed by atoms with van der Waals surface area (Å²) in [6.45, 7) is 2.69. The van der Waals surface area contributed by atoms with Crippen molar-refractivity contribution in [2.24, 2.45) is 4.99 Å². The van der Waals surface area contributed by atoms with Crippen LogP contribution in [0.5, 0.6) is 0 Å². The monoisotopic (exact) mass is 514 g/mol. The predicted molar refractivity (Wildman–Crippen MR) is 133 cm³/mol. The Morgan fingerprint density at radius 3 is 2.63 bits per heavy atom. The van der Waals surface area contributed by atoms with Gasteiger partial charge in [-0.05, 0) is 30.0 Å². The third-order valence-electron chi connectivity index (χ3n) is 5.15. The highest BCUT2D eigenvalue weighted by atomic mass is 127. The number of hydrogen-bond donors (Lipinski definition) is 2. The van der Waals surface area contributed by atoms with E-state index in [-0.39, 0.29) is 24.0 Å². The minimum atomic E-state index is 0. The summed E-state index contributed by atoms with van der Waals surface area (Å²) in [6, 6.07) is 18.9. The molecule has 0 atom stereocenters. The second-order valence-corrected chi connectivity index (χ2v) is 7.14. The van der Waals surface area contributed by atoms with Gasteiger partial charge in [0.1, 0.15) is 6.33 Å². The number of piperidine rings is 1. The lowest BCUT2D eigenvalue weighted by Crippen LogP contribution is -2.44. The fourth-order valence-corrected chi connectivity index (χ4v) is 3.62. The lowest BCUT2D eigenvalue weighted by atomic mass is 10.0. The van der Waals surface area contributed by atoms with Crippen molar-refractivity contribution in [3.63, 3.8) is 0 Å². The number of aliphatic imine (C=N–C) groups is 1. The summed E-state index contributed by atoms with van der Waals surface area (Å²) < 4.78 is 0. The number of H-pyrrole nitrogens is 1. The zero-order valence-corrected chi connectivity index (χ0v) is 19.4. The Labute approximate surface area is 194 Å². The molecule has 156 valence electrons. The fourth-order valence-electron chi connectivity index (χ4n) is 3.62. The van der Waals surface area contributed by atoms with Gasteiger partial charge in [-0.15, -0.1) is 24.0 Å². The van der Waals surface area contributed by atoms with Crippen LogP contribution in [-0.4, -0.2) is 46.2 Å². The average molecular weight is 514 g/mol. The Hall–Kier alpha value is -2.68. The van der Waals surface area contributed by atoms with Crippen LogP contribution in [0.4, 0.5) is 0 Å². The Morgan fingerprint density at radius 1 is 1.13 bits per heavy atom. The Balaban J connectivity index is 0.00000256. The van der Waals surface area contributed by atoms with Crippen molar-refractivity contribution in [2.75, 3.05) is 20.1 Å². The molecule has 2 aromatic carbocycles. The second kappa shape index (κ2) is 10.9. The SMILES string of the molecule is CN=C(NCc1cccc(-c2ncn[nH]2)c1)N1CCC(=Cc2ccccc2)CC1.I. The normalized spacial score (nSPS) is 14.2. The van der Waals surface area contributed by atoms with Crippen LogP contribution < -0.4 is 5.32 Å². The third-order valence-corrected chi connectivity index (χ3v) is 5.15. The zero-order valence-electron chi connectivity index (χ0n) is 17.1. The number of likely N-dealkylation sites (tertiary alicyclic amines) is 1. The topological polar surface area (TPSA) is 69.2 Å². The Kier molecular flexibility index (Phi) is 8.01. The maximum absolute atomic E-state index is 4.49. The first kappa shape index (κ1) is 22.0. The summed E-state index contributed by atoms with van der Waals surface area (Å²) in [5, 5.41) is 10.3. The first-order valence-electron chi connectivity index (χ1n) is 9.96. The standard InChI is InChI=1S/C23H26N6.HI/c1-24-23(25-16-20-8-5-9-21(15-20)22-26-17-27-28-22)29-12-10-19(11-13-29)14-18-6-3-2-4-7-18;/h2-9,14-15,17H,10-13,16H2,1H3,(H,24,25)(H,26,27,28);1H. The van der Waals surface area contributed by atoms with Crippen LogP contribution in [0, 0.1) is 0 Å². The minimum Gasteiger partial charge on any atom is -0.352 e. The molecular formula is C23H27IN6. The van der Waals surface area contributed by atoms with Crippen LogP contribution in [0.1, 0.15) is 24.0 Å². The molecule has 4 rings (SSSR count). The Bertz CT molecular complexity index is 972. The van der Waals surface area contributed by atoms with E-state index in [2.05, 4.69) is 78.9 Å². The minimum absolute atomic E-state index is 0. The van der Waals surface area contributed by atoms with Crippen LogP contribution in [0.3, 0.4) is 0 Å². The van der Waals surface area contributed by atoms with E-state index in [1.54, 1.807) is 0 Å². The molecule has 0 unspecified atom stereocenters. The van der Waals surface area contributed by atoms with Gasteiger partial charge in [-0.1, -0.05) is 60.2 Å². The van der Waals surface area contributed by atoms with E-state index in [0.717, 1.165) is 49.8 Å². The van der Waals surface area contributed by atoms with E-state index < -0.39 is 0 Å². The first-order chi connectivity index (χ1) is 14.3. The lowest BCUT2D eigenvalue weighted by molar-refractivity contribution is 0.375. The van der Waals surface area contributed by atoms with Gasteiger partial charge in [0.2, 0.25) is 0 Å². The number of halogens is 1. The molecule has 0 bridgehead atoms. The zero-order chi connectivity index (χ0) is 19.9. The maximum Gasteiger partial charge on any atom is 0.193 e. The molecule has 1 aromatic heterocycles. The van der Waals surface area contributed by atoms with Gasteiger partial charge in [0.25, 0.3) is 0 Å². The highest BCUT2D eigenvalue weighted by Gasteiger charge is 2.17. The lowest BCUT2D eigenvalue weighted by Gasteiger charge is -2.31. The van der Waals surface area contributed by atoms with Crippen molar-refractivity contribution in [1.82, 2.24) is 25.4 Å². The predicted octanol–water partition coefficient (Wildman–Crippen LogP) is 4.34. The van der Waals surface area contributed by atoms with E-state index in [1.165, 1.54) is 23.0 Å². The molecule has 0 spiro atoms. The van der Waals surface area contributed by atoms with Crippen LogP contribution >= 0.6 is 24.0 Å². The summed E-state index contributed by atoms with van der Waals surface area (Å²) in [7, 11) is 1.85. The molecule has 0 amide bonds. The maximum atomic E-state index is 4.49. The van der Waals surface area contributed by atoms with E-state index in [1.807, 2.05) is 19.2 Å². The molecule has 1 aliphatic heterocycles. The van der Waals surface area contributed by atoms with Gasteiger partial charge in [0.15, 0.2) is 11.8 Å². The summed E-state index contributed by atoms with van der Waals surface area (Å²) in [6.07, 6.45) is 5.98. The van der Waals surface area contributed by atoms with E-state index >= 15 is 0 Å². The quantitative estimate of drug-likeness (QED) is 0.309. The van der Waals surface area contributed by atoms with E-state index in [9.17, 15) is 0 Å². The number of hydrogen-bond acceptors (Lipinski definition) is 3. The van der Waals surface area contributed by atoms with Crippen LogP contribution in [0.15, 0.2) is 71.5 Å². The Morgan fingerprint density at radius 2 is 1.93 bits per heavy atom. The molecule has 6 nitrogen and oxygen atoms in total. The average Bonchev–Trinajstić information content (AvgIpc) is 3.31. The van der Waals surface area contributed by atoms with Crippen molar-refractivity contribution in [3.05, 3.63) is 77.6 Å². The summed E-state index contributed by atoms with van der Waals surface area (Å²) >= 11 is 0. The molecule has 0 aliphatic carbocycles. The summed E-state index contributed by atoms with van der Waals surface area (Å²) in [4.78, 5) is 11.1. The van der Waals surface area contributed by atoms with Crippen LogP contribution in [0.2, 0.25) is 0 Å². The van der Waals surface area contributed by atoms with Crippen molar-refractivity contribution >= 4 is 36.0 Å². The number of nitrogens with one attached hydrogen (secondary N) is 2. The van der Waals surface area contributed by atoms with Crippen molar-refractivity contribution in [1.29, 1.82) is 0 Å². The van der Waals surface area contributed by atoms with Crippen molar-refractivity contribution in [3.8, 4) is 11.4 Å². The molecule has 3 aromatic rings. The molecule has 0 radical (unpaired) electrons. The van der Waals surface area contributed by atoms with Crippen molar-refractivity contribution < 1.29 is 0 Å². The molecule has 30 heavy (non-hydrogen) atoms. The number of benzene rings is 2. The third kappa shape index (κ3) is 5.69. The number of rotatable bonds is 4. The molecule has 2 N–H and O–H groups in total. The largest absolute Gasteiger partial charge is 0.352 e. The highest BCUT2D eigenvalue weighted by Crippen LogP contribution is 2.20. The molecule has 0 saturated carbocycles. The second-order valence-electron chi connectivity index (χ2n) is 7.14. The van der Waals surface area contributed by atoms with Gasteiger partial charge in [-0.25, -0.2) is 4.98 Å². The van der Waals surface area contributed by atoms with Crippen LogP contribution in [0.25, 0.3) is 17.5 Å². The molecule has 7 heteroatoms. The van der Waals surface area contributed by atoms with Gasteiger partial charge >= 0.3 is 0 Å². The number of aromatic nitrogens is 3. The highest BCUT2D eigenvalue weighted by molar-refractivity contribution is 14.0. The van der Waals surface area contributed by atoms with Crippen LogP contribution in [-0.2, 0) is 6.54 Å². The van der Waals surface area contributed by atoms with Crippen molar-refractivity contribution in [2.45, 2.75) is 19.4 Å². The smallest absolute Gasteiger partial charge is 0.193 e. The molecule has 2 heterocycles. The van der Waals surface area contributed by atoms with Gasteiger partial charge in [-0.2, -0.15) is 5.10 Å². The fraction of sp³-hybridized carbons (Fsp3) is 0.261. The van der Waals surface area contributed by atoms with E-state index in [4.69, 9.17) is 0 Å². The van der Waals surface area contributed by atoms with Gasteiger partial charge in [-0.3, -0.25) is 10.1 Å². The summed E-state index contributed by atoms with van der Waals surface area (Å²) in [5.41, 5.74) is 5.00. The molecule has 1 fully saturated rings. The van der Waals surface area contributed by atoms with Gasteiger partial charge in [0, 0.05) is 32.2 Å². The van der Waals surface area contributed by atoms with E-state index in [0.29, 0.717) is 0 Å². The molecule has 1 aliphatic rings. The van der Waals surface area contributed by atoms with Gasteiger partial charge < -0.3 is 10.2 Å². The summed E-state index contributed by atoms with van der Waals surface area (Å²) in [5.74, 6) is 1.74. The number of nitrogens with zero attached hydrogens (tertiary/aromatic N) is 4. The number of guanidine groups is 1. The molecule has 1 saturated heterocycles. The first-order valence-corrected chi connectivity index (χ1v) is 9.96. The van der Waals surface area contributed by atoms with Gasteiger partial charge in [0.05, 0.1) is 0 Å².